The molecule has 0 bridgehead atoms. The molecule has 0 atom stereocenters. The number of ether oxygens (including phenoxy) is 2. The topological polar surface area (TPSA) is 34.6 Å². The second-order valence-corrected chi connectivity index (χ2v) is 6.40. The number of methoxy groups -OCH3 is 1. The van der Waals surface area contributed by atoms with Crippen molar-refractivity contribution in [1.29, 1.82) is 0 Å². The van der Waals surface area contributed by atoms with Crippen molar-refractivity contribution in [3.05, 3.63) is 95.7 Å². The lowest BCUT2D eigenvalue weighted by molar-refractivity contribution is 0.114. The van der Waals surface area contributed by atoms with Crippen molar-refractivity contribution in [2.24, 2.45) is 0 Å². The SMILES string of the molecule is C=C1C=C2C=C(OCCOC)C=CN2C(c2ccc3cc(F)cc(F)c3n2)=C1. The smallest absolute Gasteiger partial charge is 0.152 e. The Morgan fingerprint density at radius 2 is 1.96 bits per heavy atom. The molecule has 0 saturated heterocycles. The third-order valence-electron chi connectivity index (χ3n) is 4.40. The van der Waals surface area contributed by atoms with Gasteiger partial charge in [0, 0.05) is 36.5 Å². The Bertz CT molecular complexity index is 1080. The molecule has 3 heterocycles. The molecule has 4 nitrogen and oxygen atoms in total. The second kappa shape index (κ2) is 7.40. The summed E-state index contributed by atoms with van der Waals surface area (Å²) in [7, 11) is 1.62. The first-order valence-corrected chi connectivity index (χ1v) is 8.74. The van der Waals surface area contributed by atoms with E-state index in [2.05, 4.69) is 11.6 Å². The molecule has 1 aromatic heterocycles. The molecular weight excluding hydrogens is 362 g/mol. The Morgan fingerprint density at radius 1 is 1.11 bits per heavy atom. The first-order chi connectivity index (χ1) is 13.5. The standard InChI is InChI=1S/C22H18F2N2O2/c1-14-9-17-13-18(28-8-7-27-2)5-6-26(17)21(10-14)20-4-3-15-11-16(23)12-19(24)22(15)25-20/h3-6,9-13H,1,7-8H2,2H3. The summed E-state index contributed by atoms with van der Waals surface area (Å²) in [6.07, 6.45) is 9.38. The van der Waals surface area contributed by atoms with Crippen LogP contribution < -0.4 is 0 Å². The van der Waals surface area contributed by atoms with Crippen molar-refractivity contribution in [2.45, 2.75) is 0 Å². The van der Waals surface area contributed by atoms with Crippen LogP contribution >= 0.6 is 0 Å². The minimum Gasteiger partial charge on any atom is -0.491 e. The van der Waals surface area contributed by atoms with E-state index in [0.717, 1.165) is 23.0 Å². The van der Waals surface area contributed by atoms with Gasteiger partial charge in [-0.2, -0.15) is 0 Å². The van der Waals surface area contributed by atoms with Crippen LogP contribution in [0.1, 0.15) is 5.69 Å². The van der Waals surface area contributed by atoms with Crippen LogP contribution in [0.2, 0.25) is 0 Å². The van der Waals surface area contributed by atoms with Gasteiger partial charge in [-0.15, -0.1) is 0 Å². The molecular formula is C22H18F2N2O2. The van der Waals surface area contributed by atoms with E-state index in [9.17, 15) is 8.78 Å². The van der Waals surface area contributed by atoms with Crippen LogP contribution in [0.25, 0.3) is 16.6 Å². The molecule has 0 amide bonds. The van der Waals surface area contributed by atoms with E-state index in [1.807, 2.05) is 35.4 Å². The van der Waals surface area contributed by atoms with Crippen molar-refractivity contribution in [1.82, 2.24) is 9.88 Å². The lowest BCUT2D eigenvalue weighted by Crippen LogP contribution is -2.21. The van der Waals surface area contributed by atoms with Gasteiger partial charge in [0.05, 0.1) is 18.0 Å². The number of pyridine rings is 1. The molecule has 6 heteroatoms. The third-order valence-corrected chi connectivity index (χ3v) is 4.40. The molecule has 0 radical (unpaired) electrons. The fourth-order valence-corrected chi connectivity index (χ4v) is 3.13. The van der Waals surface area contributed by atoms with Crippen LogP contribution in [0, 0.1) is 11.6 Å². The molecule has 0 fully saturated rings. The number of allylic oxidation sites excluding steroid dienone is 5. The fraction of sp³-hybridized carbons (Fsp3) is 0.136. The van der Waals surface area contributed by atoms with Crippen molar-refractivity contribution in [3.63, 3.8) is 0 Å². The predicted molar refractivity (Wildman–Crippen MR) is 104 cm³/mol. The van der Waals surface area contributed by atoms with Crippen molar-refractivity contribution in [2.75, 3.05) is 20.3 Å². The molecule has 0 spiro atoms. The van der Waals surface area contributed by atoms with Gasteiger partial charge in [0.1, 0.15) is 23.7 Å². The van der Waals surface area contributed by atoms with E-state index in [0.29, 0.717) is 30.1 Å². The first kappa shape index (κ1) is 18.1. The number of aromatic nitrogens is 1. The fourth-order valence-electron chi connectivity index (χ4n) is 3.13. The van der Waals surface area contributed by atoms with Crippen LogP contribution in [0.4, 0.5) is 8.78 Å². The van der Waals surface area contributed by atoms with Crippen molar-refractivity contribution >= 4 is 16.6 Å². The van der Waals surface area contributed by atoms with Gasteiger partial charge in [-0.1, -0.05) is 12.6 Å². The molecule has 2 aromatic rings. The summed E-state index contributed by atoms with van der Waals surface area (Å²) >= 11 is 0. The maximum Gasteiger partial charge on any atom is 0.152 e. The number of nitrogens with zero attached hydrogens (tertiary/aromatic N) is 2. The van der Waals surface area contributed by atoms with Gasteiger partial charge in [-0.3, -0.25) is 0 Å². The van der Waals surface area contributed by atoms with Gasteiger partial charge in [0.15, 0.2) is 5.82 Å². The van der Waals surface area contributed by atoms with Gasteiger partial charge >= 0.3 is 0 Å². The van der Waals surface area contributed by atoms with Gasteiger partial charge < -0.3 is 14.4 Å². The van der Waals surface area contributed by atoms with Crippen LogP contribution in [-0.4, -0.2) is 30.2 Å². The van der Waals surface area contributed by atoms with E-state index in [-0.39, 0.29) is 5.52 Å². The molecule has 2 aliphatic rings. The first-order valence-electron chi connectivity index (χ1n) is 8.74. The second-order valence-electron chi connectivity index (χ2n) is 6.40. The summed E-state index contributed by atoms with van der Waals surface area (Å²) < 4.78 is 38.3. The highest BCUT2D eigenvalue weighted by molar-refractivity contribution is 5.82. The molecule has 0 saturated carbocycles. The monoisotopic (exact) mass is 380 g/mol. The largest absolute Gasteiger partial charge is 0.491 e. The number of halogens is 2. The Balaban J connectivity index is 1.67. The maximum absolute atomic E-state index is 14.2. The average Bonchev–Trinajstić information content (AvgIpc) is 2.67. The molecule has 4 rings (SSSR count). The molecule has 1 aromatic carbocycles. The minimum atomic E-state index is -0.689. The quantitative estimate of drug-likeness (QED) is 0.706. The van der Waals surface area contributed by atoms with Gasteiger partial charge in [0.25, 0.3) is 0 Å². The van der Waals surface area contributed by atoms with Gasteiger partial charge in [-0.25, -0.2) is 13.8 Å². The average molecular weight is 380 g/mol. The normalized spacial score (nSPS) is 15.9. The highest BCUT2D eigenvalue weighted by Crippen LogP contribution is 2.34. The highest BCUT2D eigenvalue weighted by atomic mass is 19.1. The predicted octanol–water partition coefficient (Wildman–Crippen LogP) is 4.68. The Morgan fingerprint density at radius 3 is 2.79 bits per heavy atom. The van der Waals surface area contributed by atoms with E-state index in [1.165, 1.54) is 6.07 Å². The number of fused-ring (bicyclic) bond motifs is 2. The minimum absolute atomic E-state index is 0.127. The summed E-state index contributed by atoms with van der Waals surface area (Å²) in [5, 5.41) is 0.412. The highest BCUT2D eigenvalue weighted by Gasteiger charge is 2.22. The van der Waals surface area contributed by atoms with Crippen LogP contribution in [-0.2, 0) is 9.47 Å². The zero-order chi connectivity index (χ0) is 19.7. The number of hydrogen-bond donors (Lipinski definition) is 0. The van der Waals surface area contributed by atoms with Crippen LogP contribution in [0.15, 0.2) is 78.4 Å². The van der Waals surface area contributed by atoms with Crippen molar-refractivity contribution in [3.8, 4) is 0 Å². The Hall–Kier alpha value is -3.25. The van der Waals surface area contributed by atoms with E-state index < -0.39 is 11.6 Å². The number of hydrogen-bond acceptors (Lipinski definition) is 4. The van der Waals surface area contributed by atoms with Gasteiger partial charge in [-0.05, 0) is 35.9 Å². The zero-order valence-corrected chi connectivity index (χ0v) is 15.3. The summed E-state index contributed by atoms with van der Waals surface area (Å²) in [4.78, 5) is 6.35. The van der Waals surface area contributed by atoms with Gasteiger partial charge in [0.2, 0.25) is 0 Å². The molecule has 0 unspecified atom stereocenters. The Labute approximate surface area is 161 Å². The molecule has 0 N–H and O–H groups in total. The van der Waals surface area contributed by atoms with Crippen LogP contribution in [0.5, 0.6) is 0 Å². The summed E-state index contributed by atoms with van der Waals surface area (Å²) in [6.45, 7) is 4.98. The van der Waals surface area contributed by atoms with E-state index in [1.54, 1.807) is 19.2 Å². The molecule has 0 aliphatic carbocycles. The number of rotatable bonds is 5. The molecule has 142 valence electrons. The molecule has 2 aliphatic heterocycles. The number of benzene rings is 1. The van der Waals surface area contributed by atoms with Crippen molar-refractivity contribution < 1.29 is 18.3 Å². The maximum atomic E-state index is 14.2. The lowest BCUT2D eigenvalue weighted by atomic mass is 10.0. The van der Waals surface area contributed by atoms with Crippen LogP contribution in [0.3, 0.4) is 0 Å². The van der Waals surface area contributed by atoms with E-state index in [4.69, 9.17) is 9.47 Å². The Kier molecular flexibility index (Phi) is 4.79. The third kappa shape index (κ3) is 3.46. The molecule has 28 heavy (non-hydrogen) atoms. The van der Waals surface area contributed by atoms with E-state index >= 15 is 0 Å². The summed E-state index contributed by atoms with van der Waals surface area (Å²) in [6, 6.07) is 5.51. The lowest BCUT2D eigenvalue weighted by Gasteiger charge is -2.30. The zero-order valence-electron chi connectivity index (χ0n) is 15.3. The summed E-state index contributed by atoms with van der Waals surface area (Å²) in [5.41, 5.74) is 3.08. The summed E-state index contributed by atoms with van der Waals surface area (Å²) in [5.74, 6) is -0.604.